The highest BCUT2D eigenvalue weighted by molar-refractivity contribution is 5.32. The van der Waals surface area contributed by atoms with Gasteiger partial charge in [0.1, 0.15) is 5.82 Å². The maximum atomic E-state index is 13.4. The highest BCUT2D eigenvalue weighted by Gasteiger charge is 2.25. The summed E-state index contributed by atoms with van der Waals surface area (Å²) in [5.41, 5.74) is 0.550. The summed E-state index contributed by atoms with van der Waals surface area (Å²) in [4.78, 5) is 0. The summed E-state index contributed by atoms with van der Waals surface area (Å²) in [6.07, 6.45) is -5.04. The average Bonchev–Trinajstić information content (AvgIpc) is 2.29. The molecule has 0 aromatic heterocycles. The van der Waals surface area contributed by atoms with E-state index in [1.165, 1.54) is 12.1 Å². The van der Waals surface area contributed by atoms with E-state index in [1.54, 1.807) is 6.07 Å². The van der Waals surface area contributed by atoms with Crippen LogP contribution >= 0.6 is 0 Å². The Morgan fingerprint density at radius 3 is 2.56 bits per heavy atom. The second-order valence-corrected chi connectivity index (χ2v) is 3.81. The lowest BCUT2D eigenvalue weighted by atomic mass is 10.1. The van der Waals surface area contributed by atoms with Crippen molar-refractivity contribution in [2.24, 2.45) is 0 Å². The molecule has 18 heavy (non-hydrogen) atoms. The zero-order chi connectivity index (χ0) is 13.6. The summed E-state index contributed by atoms with van der Waals surface area (Å²) in [7, 11) is 0. The quantitative estimate of drug-likeness (QED) is 0.652. The van der Waals surface area contributed by atoms with Gasteiger partial charge in [0.05, 0.1) is 11.6 Å². The predicted octanol–water partition coefficient (Wildman–Crippen LogP) is 3.13. The zero-order valence-electron chi connectivity index (χ0n) is 9.52. The number of benzene rings is 1. The monoisotopic (exact) mass is 260 g/mol. The van der Waals surface area contributed by atoms with E-state index < -0.39 is 18.4 Å². The number of rotatable bonds is 5. The number of alkyl halides is 3. The Morgan fingerprint density at radius 2 is 2.00 bits per heavy atom. The fraction of sp³-hybridized carbons (Fsp3) is 0.417. The van der Waals surface area contributed by atoms with E-state index in [-0.39, 0.29) is 25.1 Å². The predicted molar refractivity (Wildman–Crippen MR) is 58.1 cm³/mol. The van der Waals surface area contributed by atoms with Gasteiger partial charge in [-0.15, -0.1) is 0 Å². The number of hydrogen-bond donors (Lipinski definition) is 1. The van der Waals surface area contributed by atoms with E-state index in [9.17, 15) is 17.6 Å². The molecule has 0 bridgehead atoms. The van der Waals surface area contributed by atoms with Crippen molar-refractivity contribution in [3.05, 3.63) is 35.1 Å². The molecule has 0 radical (unpaired) electrons. The second-order valence-electron chi connectivity index (χ2n) is 3.81. The SMILES string of the molecule is N#Cc1ccc(CNCCCC(F)(F)F)c(F)c1. The molecule has 0 saturated heterocycles. The molecule has 1 rings (SSSR count). The topological polar surface area (TPSA) is 35.8 Å². The van der Waals surface area contributed by atoms with Gasteiger partial charge in [-0.3, -0.25) is 0 Å². The Labute approximate surface area is 102 Å². The van der Waals surface area contributed by atoms with Gasteiger partial charge in [0.25, 0.3) is 0 Å². The van der Waals surface area contributed by atoms with Crippen molar-refractivity contribution >= 4 is 0 Å². The fourth-order valence-corrected chi connectivity index (χ4v) is 1.40. The lowest BCUT2D eigenvalue weighted by molar-refractivity contribution is -0.135. The van der Waals surface area contributed by atoms with Crippen molar-refractivity contribution < 1.29 is 17.6 Å². The van der Waals surface area contributed by atoms with Gasteiger partial charge in [-0.25, -0.2) is 4.39 Å². The first-order valence-corrected chi connectivity index (χ1v) is 5.38. The molecule has 0 unspecified atom stereocenters. The third-order valence-corrected chi connectivity index (χ3v) is 2.31. The smallest absolute Gasteiger partial charge is 0.313 e. The summed E-state index contributed by atoms with van der Waals surface area (Å²) >= 11 is 0. The third kappa shape index (κ3) is 5.15. The van der Waals surface area contributed by atoms with Gasteiger partial charge < -0.3 is 5.32 Å². The van der Waals surface area contributed by atoms with Crippen LogP contribution in [0.1, 0.15) is 24.0 Å². The normalized spacial score (nSPS) is 11.3. The van der Waals surface area contributed by atoms with E-state index in [1.807, 2.05) is 0 Å². The molecule has 1 aromatic carbocycles. The van der Waals surface area contributed by atoms with Crippen LogP contribution in [0.25, 0.3) is 0 Å². The van der Waals surface area contributed by atoms with Crippen molar-refractivity contribution in [1.82, 2.24) is 5.32 Å². The zero-order valence-corrected chi connectivity index (χ0v) is 9.52. The van der Waals surface area contributed by atoms with E-state index in [4.69, 9.17) is 5.26 Å². The first kappa shape index (κ1) is 14.5. The molecule has 0 aliphatic carbocycles. The molecule has 0 amide bonds. The van der Waals surface area contributed by atoms with Crippen LogP contribution in [0.4, 0.5) is 17.6 Å². The lowest BCUT2D eigenvalue weighted by Gasteiger charge is -2.08. The van der Waals surface area contributed by atoms with Crippen molar-refractivity contribution in [3.63, 3.8) is 0 Å². The van der Waals surface area contributed by atoms with Gasteiger partial charge in [-0.2, -0.15) is 18.4 Å². The molecule has 0 aliphatic heterocycles. The molecule has 1 N–H and O–H groups in total. The fourth-order valence-electron chi connectivity index (χ4n) is 1.40. The van der Waals surface area contributed by atoms with Crippen LogP contribution in [-0.2, 0) is 6.54 Å². The minimum absolute atomic E-state index is 0.0403. The Morgan fingerprint density at radius 1 is 1.28 bits per heavy atom. The van der Waals surface area contributed by atoms with Gasteiger partial charge in [-0.1, -0.05) is 6.07 Å². The van der Waals surface area contributed by atoms with E-state index in [2.05, 4.69) is 5.32 Å². The van der Waals surface area contributed by atoms with Gasteiger partial charge in [0, 0.05) is 18.5 Å². The molecule has 0 heterocycles. The van der Waals surface area contributed by atoms with E-state index in [0.29, 0.717) is 5.56 Å². The average molecular weight is 260 g/mol. The minimum atomic E-state index is -4.15. The van der Waals surface area contributed by atoms with Crippen molar-refractivity contribution in [3.8, 4) is 6.07 Å². The molecule has 98 valence electrons. The molecular formula is C12H12F4N2. The van der Waals surface area contributed by atoms with Crippen LogP contribution in [0.2, 0.25) is 0 Å². The molecule has 6 heteroatoms. The molecular weight excluding hydrogens is 248 g/mol. The number of nitriles is 1. The van der Waals surface area contributed by atoms with Crippen molar-refractivity contribution in [2.75, 3.05) is 6.54 Å². The Balaban J connectivity index is 2.34. The number of hydrogen-bond acceptors (Lipinski definition) is 2. The van der Waals surface area contributed by atoms with Gasteiger partial charge in [-0.05, 0) is 25.1 Å². The first-order valence-electron chi connectivity index (χ1n) is 5.38. The van der Waals surface area contributed by atoms with Gasteiger partial charge in [0.15, 0.2) is 0 Å². The van der Waals surface area contributed by atoms with E-state index >= 15 is 0 Å². The van der Waals surface area contributed by atoms with Crippen LogP contribution < -0.4 is 5.32 Å². The molecule has 2 nitrogen and oxygen atoms in total. The molecule has 0 atom stereocenters. The van der Waals surface area contributed by atoms with Crippen LogP contribution in [0, 0.1) is 17.1 Å². The standard InChI is InChI=1S/C12H12F4N2/c13-11-6-9(7-17)2-3-10(11)8-18-5-1-4-12(14,15)16/h2-3,6,18H,1,4-5,8H2. The number of nitrogens with zero attached hydrogens (tertiary/aromatic N) is 1. The van der Waals surface area contributed by atoms with Crippen LogP contribution in [0.5, 0.6) is 0 Å². The first-order chi connectivity index (χ1) is 8.42. The summed E-state index contributed by atoms with van der Waals surface area (Å²) < 4.78 is 48.9. The summed E-state index contributed by atoms with van der Waals surface area (Å²) in [5.74, 6) is -0.530. The van der Waals surface area contributed by atoms with Crippen LogP contribution in [0.15, 0.2) is 18.2 Å². The minimum Gasteiger partial charge on any atom is -0.313 e. The molecule has 0 aliphatic rings. The third-order valence-electron chi connectivity index (χ3n) is 2.31. The van der Waals surface area contributed by atoms with Crippen molar-refractivity contribution in [2.45, 2.75) is 25.6 Å². The Kier molecular flexibility index (Phi) is 5.10. The van der Waals surface area contributed by atoms with Crippen LogP contribution in [0.3, 0.4) is 0 Å². The molecule has 0 fully saturated rings. The molecule has 0 spiro atoms. The lowest BCUT2D eigenvalue weighted by Crippen LogP contribution is -2.18. The summed E-state index contributed by atoms with van der Waals surface area (Å²) in [5, 5.41) is 11.3. The van der Waals surface area contributed by atoms with E-state index in [0.717, 1.165) is 6.07 Å². The second kappa shape index (κ2) is 6.36. The number of halogens is 4. The molecule has 0 saturated carbocycles. The number of nitrogens with one attached hydrogen (secondary N) is 1. The maximum absolute atomic E-state index is 13.4. The Bertz CT molecular complexity index is 435. The highest BCUT2D eigenvalue weighted by Crippen LogP contribution is 2.20. The van der Waals surface area contributed by atoms with Gasteiger partial charge >= 0.3 is 6.18 Å². The molecule has 1 aromatic rings. The Hall–Kier alpha value is -1.61. The largest absolute Gasteiger partial charge is 0.389 e. The van der Waals surface area contributed by atoms with Gasteiger partial charge in [0.2, 0.25) is 0 Å². The van der Waals surface area contributed by atoms with Crippen LogP contribution in [-0.4, -0.2) is 12.7 Å². The maximum Gasteiger partial charge on any atom is 0.389 e. The summed E-state index contributed by atoms with van der Waals surface area (Å²) in [6.45, 7) is 0.314. The highest BCUT2D eigenvalue weighted by atomic mass is 19.4. The summed E-state index contributed by atoms with van der Waals surface area (Å²) in [6, 6.07) is 5.82. The van der Waals surface area contributed by atoms with Crippen molar-refractivity contribution in [1.29, 1.82) is 5.26 Å².